The molecule has 0 spiro atoms. The minimum Gasteiger partial charge on any atom is -0.466 e. The highest BCUT2D eigenvalue weighted by atomic mass is 16.5. The molecule has 2 aromatic rings. The van der Waals surface area contributed by atoms with Crippen LogP contribution in [0.5, 0.6) is 0 Å². The number of hydrogen-bond donors (Lipinski definition) is 1. The van der Waals surface area contributed by atoms with Crippen molar-refractivity contribution in [3.63, 3.8) is 0 Å². The van der Waals surface area contributed by atoms with Crippen LogP contribution in [0.15, 0.2) is 30.5 Å². The van der Waals surface area contributed by atoms with Gasteiger partial charge in [0.2, 0.25) is 5.95 Å². The van der Waals surface area contributed by atoms with Gasteiger partial charge < -0.3 is 24.8 Å². The average molecular weight is 495 g/mol. The van der Waals surface area contributed by atoms with Crippen molar-refractivity contribution in [3.8, 4) is 0 Å². The molecular weight excluding hydrogens is 452 g/mol. The highest BCUT2D eigenvalue weighted by Gasteiger charge is 2.31. The van der Waals surface area contributed by atoms with Crippen molar-refractivity contribution in [1.29, 1.82) is 0 Å². The lowest BCUT2D eigenvalue weighted by Gasteiger charge is -2.41. The van der Waals surface area contributed by atoms with E-state index < -0.39 is 0 Å². The fourth-order valence-corrected chi connectivity index (χ4v) is 5.47. The molecule has 0 atom stereocenters. The maximum absolute atomic E-state index is 12.0. The molecule has 36 heavy (non-hydrogen) atoms. The van der Waals surface area contributed by atoms with E-state index in [0.717, 1.165) is 82.4 Å². The molecule has 2 fully saturated rings. The normalized spacial score (nSPS) is 17.7. The van der Waals surface area contributed by atoms with Crippen LogP contribution in [0.1, 0.15) is 52.0 Å². The van der Waals surface area contributed by atoms with Gasteiger partial charge in [-0.3, -0.25) is 4.79 Å². The quantitative estimate of drug-likeness (QED) is 0.506. The zero-order valence-electron chi connectivity index (χ0n) is 22.4. The molecule has 196 valence electrons. The molecule has 2 aliphatic heterocycles. The minimum atomic E-state index is -0.0207. The van der Waals surface area contributed by atoms with E-state index in [2.05, 4.69) is 64.0 Å². The summed E-state index contributed by atoms with van der Waals surface area (Å²) >= 11 is 0. The summed E-state index contributed by atoms with van der Waals surface area (Å²) in [5, 5.41) is 3.49. The van der Waals surface area contributed by atoms with Crippen LogP contribution in [-0.4, -0.2) is 72.8 Å². The summed E-state index contributed by atoms with van der Waals surface area (Å²) in [6.07, 6.45) is 5.85. The molecule has 0 unspecified atom stereocenters. The Morgan fingerprint density at radius 1 is 1.06 bits per heavy atom. The number of nitrogens with zero attached hydrogens (tertiary/aromatic N) is 5. The van der Waals surface area contributed by atoms with Crippen molar-refractivity contribution in [2.24, 2.45) is 5.92 Å². The van der Waals surface area contributed by atoms with Crippen molar-refractivity contribution in [1.82, 2.24) is 14.9 Å². The second-order valence-corrected chi connectivity index (χ2v) is 9.82. The van der Waals surface area contributed by atoms with E-state index in [1.807, 2.05) is 19.2 Å². The number of hydrogen-bond acceptors (Lipinski definition) is 8. The van der Waals surface area contributed by atoms with E-state index >= 15 is 0 Å². The molecule has 4 rings (SSSR count). The van der Waals surface area contributed by atoms with Gasteiger partial charge in [0.1, 0.15) is 5.82 Å². The van der Waals surface area contributed by atoms with E-state index in [9.17, 15) is 4.79 Å². The first-order valence-electron chi connectivity index (χ1n) is 13.6. The van der Waals surface area contributed by atoms with E-state index in [1.165, 1.54) is 11.3 Å². The Balaban J connectivity index is 1.31. The Hall–Kier alpha value is -2.87. The fourth-order valence-electron chi connectivity index (χ4n) is 5.47. The van der Waals surface area contributed by atoms with Crippen LogP contribution in [0, 0.1) is 12.8 Å². The van der Waals surface area contributed by atoms with E-state index in [0.29, 0.717) is 12.6 Å². The topological polar surface area (TPSA) is 73.8 Å². The number of aryl methyl sites for hydroxylation is 1. The minimum absolute atomic E-state index is 0.0207. The maximum atomic E-state index is 12.0. The number of anilines is 4. The zero-order chi connectivity index (χ0) is 25.5. The Kier molecular flexibility index (Phi) is 9.02. The molecule has 2 aliphatic rings. The molecule has 0 aliphatic carbocycles. The molecule has 1 aromatic carbocycles. The fraction of sp³-hybridized carbons (Fsp3) is 0.607. The van der Waals surface area contributed by atoms with Gasteiger partial charge in [0.25, 0.3) is 0 Å². The van der Waals surface area contributed by atoms with Crippen LogP contribution in [-0.2, 0) is 9.53 Å². The highest BCUT2D eigenvalue weighted by Crippen LogP contribution is 2.28. The molecule has 0 amide bonds. The van der Waals surface area contributed by atoms with Gasteiger partial charge >= 0.3 is 5.97 Å². The summed E-state index contributed by atoms with van der Waals surface area (Å²) in [7, 11) is 0. The number of carbonyl (C=O) groups excluding carboxylic acids is 1. The Labute approximate surface area is 216 Å². The van der Waals surface area contributed by atoms with Crippen molar-refractivity contribution in [2.75, 3.05) is 61.0 Å². The van der Waals surface area contributed by atoms with E-state index in [1.54, 1.807) is 0 Å². The second-order valence-electron chi connectivity index (χ2n) is 9.82. The summed E-state index contributed by atoms with van der Waals surface area (Å²) in [5.41, 5.74) is 3.52. The molecule has 8 nitrogen and oxygen atoms in total. The first-order chi connectivity index (χ1) is 17.5. The smallest absolute Gasteiger partial charge is 0.309 e. The third-order valence-electron chi connectivity index (χ3n) is 7.66. The molecule has 3 heterocycles. The molecule has 1 aromatic heterocycles. The first kappa shape index (κ1) is 26.2. The monoisotopic (exact) mass is 494 g/mol. The lowest BCUT2D eigenvalue weighted by atomic mass is 9.93. The highest BCUT2D eigenvalue weighted by molar-refractivity contribution is 5.72. The van der Waals surface area contributed by atoms with Crippen LogP contribution in [0.2, 0.25) is 0 Å². The predicted molar refractivity (Wildman–Crippen MR) is 146 cm³/mol. The SMILES string of the molecule is CCOC(=O)C1CCN(C2CCN(c3nccc(Nc4ccc(N(CC)CC)cc4C)n3)CC2)CC1. The van der Waals surface area contributed by atoms with Gasteiger partial charge in [0.15, 0.2) is 0 Å². The van der Waals surface area contributed by atoms with Gasteiger partial charge in [-0.05, 0) is 96.3 Å². The van der Waals surface area contributed by atoms with Crippen LogP contribution in [0.4, 0.5) is 23.1 Å². The molecular formula is C28H42N6O2. The molecule has 1 N–H and O–H groups in total. The first-order valence-corrected chi connectivity index (χ1v) is 13.6. The summed E-state index contributed by atoms with van der Waals surface area (Å²) < 4.78 is 5.22. The Morgan fingerprint density at radius 3 is 2.42 bits per heavy atom. The summed E-state index contributed by atoms with van der Waals surface area (Å²) in [5.74, 6) is 1.66. The van der Waals surface area contributed by atoms with Gasteiger partial charge in [-0.15, -0.1) is 0 Å². The number of piperidine rings is 2. The average Bonchev–Trinajstić information content (AvgIpc) is 2.91. The third-order valence-corrected chi connectivity index (χ3v) is 7.66. The summed E-state index contributed by atoms with van der Waals surface area (Å²) in [6.45, 7) is 14.7. The van der Waals surface area contributed by atoms with E-state index in [4.69, 9.17) is 9.72 Å². The number of carbonyl (C=O) groups is 1. The largest absolute Gasteiger partial charge is 0.466 e. The number of benzene rings is 1. The molecule has 2 saturated heterocycles. The molecule has 0 bridgehead atoms. The molecule has 0 saturated carbocycles. The Bertz CT molecular complexity index is 995. The van der Waals surface area contributed by atoms with Crippen LogP contribution >= 0.6 is 0 Å². The van der Waals surface area contributed by atoms with Gasteiger partial charge in [-0.25, -0.2) is 4.98 Å². The van der Waals surface area contributed by atoms with Gasteiger partial charge in [-0.1, -0.05) is 0 Å². The summed E-state index contributed by atoms with van der Waals surface area (Å²) in [4.78, 5) is 28.7. The Morgan fingerprint density at radius 2 is 1.78 bits per heavy atom. The predicted octanol–water partition coefficient (Wildman–Crippen LogP) is 4.62. The van der Waals surface area contributed by atoms with Crippen molar-refractivity contribution < 1.29 is 9.53 Å². The van der Waals surface area contributed by atoms with Gasteiger partial charge in [0, 0.05) is 49.8 Å². The maximum Gasteiger partial charge on any atom is 0.309 e. The zero-order valence-corrected chi connectivity index (χ0v) is 22.4. The van der Waals surface area contributed by atoms with Crippen LogP contribution < -0.4 is 15.1 Å². The number of ether oxygens (including phenoxy) is 1. The molecule has 8 heteroatoms. The third kappa shape index (κ3) is 6.27. The lowest BCUT2D eigenvalue weighted by molar-refractivity contribution is -0.149. The lowest BCUT2D eigenvalue weighted by Crippen LogP contribution is -2.48. The number of esters is 1. The van der Waals surface area contributed by atoms with Gasteiger partial charge in [0.05, 0.1) is 12.5 Å². The number of likely N-dealkylation sites (tertiary alicyclic amines) is 1. The number of rotatable bonds is 9. The second kappa shape index (κ2) is 12.4. The van der Waals surface area contributed by atoms with Crippen LogP contribution in [0.3, 0.4) is 0 Å². The van der Waals surface area contributed by atoms with Crippen molar-refractivity contribution in [2.45, 2.75) is 59.4 Å². The van der Waals surface area contributed by atoms with Crippen molar-refractivity contribution in [3.05, 3.63) is 36.0 Å². The van der Waals surface area contributed by atoms with Gasteiger partial charge in [-0.2, -0.15) is 4.98 Å². The van der Waals surface area contributed by atoms with Crippen molar-refractivity contribution >= 4 is 29.1 Å². The summed E-state index contributed by atoms with van der Waals surface area (Å²) in [6, 6.07) is 9.05. The van der Waals surface area contributed by atoms with Crippen LogP contribution in [0.25, 0.3) is 0 Å². The van der Waals surface area contributed by atoms with E-state index in [-0.39, 0.29) is 11.9 Å². The number of aromatic nitrogens is 2. The number of nitrogens with one attached hydrogen (secondary N) is 1. The molecule has 0 radical (unpaired) electrons. The standard InChI is InChI=1S/C28H42N6O2/c1-5-32(6-2)24-8-9-25(21(4)20-24)30-26-10-15-29-28(31-26)34-18-13-23(14-19-34)33-16-11-22(12-17-33)27(35)36-7-3/h8-10,15,20,22-23H,5-7,11-14,16-19H2,1-4H3,(H,29,30,31).